The predicted octanol–water partition coefficient (Wildman–Crippen LogP) is 2.59. The van der Waals surface area contributed by atoms with Crippen molar-refractivity contribution in [2.75, 3.05) is 13.2 Å². The SMILES string of the molecule is CC1(C)CCC(CN)(OCCCn2ccnc2)CC1. The Morgan fingerprint density at radius 1 is 1.26 bits per heavy atom. The Morgan fingerprint density at radius 2 is 2.00 bits per heavy atom. The van der Waals surface area contributed by atoms with Crippen molar-refractivity contribution in [2.45, 2.75) is 58.1 Å². The molecule has 1 heterocycles. The fraction of sp³-hybridized carbons (Fsp3) is 0.800. The van der Waals surface area contributed by atoms with Crippen LogP contribution in [-0.2, 0) is 11.3 Å². The molecule has 0 aromatic carbocycles. The van der Waals surface area contributed by atoms with E-state index in [2.05, 4.69) is 23.4 Å². The summed E-state index contributed by atoms with van der Waals surface area (Å²) in [4.78, 5) is 4.04. The quantitative estimate of drug-likeness (QED) is 0.804. The van der Waals surface area contributed by atoms with E-state index in [1.165, 1.54) is 12.8 Å². The van der Waals surface area contributed by atoms with Gasteiger partial charge in [0.25, 0.3) is 0 Å². The first-order valence-corrected chi connectivity index (χ1v) is 7.35. The number of hydrogen-bond donors (Lipinski definition) is 1. The number of ether oxygens (including phenoxy) is 1. The molecule has 1 aliphatic carbocycles. The van der Waals surface area contributed by atoms with Crippen LogP contribution in [0.4, 0.5) is 0 Å². The van der Waals surface area contributed by atoms with Crippen LogP contribution in [0.2, 0.25) is 0 Å². The van der Waals surface area contributed by atoms with E-state index in [1.54, 1.807) is 0 Å². The first kappa shape index (κ1) is 14.5. The van der Waals surface area contributed by atoms with Gasteiger partial charge >= 0.3 is 0 Å². The summed E-state index contributed by atoms with van der Waals surface area (Å²) >= 11 is 0. The second-order valence-electron chi connectivity index (χ2n) is 6.55. The van der Waals surface area contributed by atoms with Gasteiger partial charge in [-0.1, -0.05) is 13.8 Å². The summed E-state index contributed by atoms with van der Waals surface area (Å²) in [6.07, 6.45) is 11.3. The monoisotopic (exact) mass is 265 g/mol. The minimum Gasteiger partial charge on any atom is -0.374 e. The molecule has 0 unspecified atom stereocenters. The minimum absolute atomic E-state index is 0.0650. The molecule has 0 saturated heterocycles. The third-order valence-corrected chi connectivity index (χ3v) is 4.41. The van der Waals surface area contributed by atoms with E-state index in [9.17, 15) is 0 Å². The summed E-state index contributed by atoms with van der Waals surface area (Å²) in [6.45, 7) is 7.08. The Bertz CT molecular complexity index is 363. The molecule has 0 amide bonds. The number of imidazole rings is 1. The van der Waals surface area contributed by atoms with Gasteiger partial charge in [0.15, 0.2) is 0 Å². The second-order valence-corrected chi connectivity index (χ2v) is 6.55. The van der Waals surface area contributed by atoms with Gasteiger partial charge in [-0.2, -0.15) is 0 Å². The fourth-order valence-electron chi connectivity index (χ4n) is 2.74. The molecule has 4 nitrogen and oxygen atoms in total. The van der Waals surface area contributed by atoms with Gasteiger partial charge in [0, 0.05) is 32.1 Å². The molecule has 2 rings (SSSR count). The largest absolute Gasteiger partial charge is 0.374 e. The highest BCUT2D eigenvalue weighted by molar-refractivity contribution is 4.91. The van der Waals surface area contributed by atoms with Gasteiger partial charge < -0.3 is 15.0 Å². The Morgan fingerprint density at radius 3 is 2.58 bits per heavy atom. The molecule has 1 aromatic heterocycles. The van der Waals surface area contributed by atoms with Gasteiger partial charge in [-0.3, -0.25) is 0 Å². The molecule has 1 aliphatic rings. The third-order valence-electron chi connectivity index (χ3n) is 4.41. The Labute approximate surface area is 116 Å². The van der Waals surface area contributed by atoms with E-state index in [1.807, 2.05) is 18.7 Å². The Balaban J connectivity index is 1.73. The molecule has 108 valence electrons. The first-order chi connectivity index (χ1) is 9.05. The normalized spacial score (nSPS) is 21.4. The van der Waals surface area contributed by atoms with Crippen molar-refractivity contribution in [3.05, 3.63) is 18.7 Å². The van der Waals surface area contributed by atoms with Crippen LogP contribution in [0.25, 0.3) is 0 Å². The smallest absolute Gasteiger partial charge is 0.0945 e. The molecule has 19 heavy (non-hydrogen) atoms. The van der Waals surface area contributed by atoms with Gasteiger partial charge in [0.1, 0.15) is 0 Å². The van der Waals surface area contributed by atoms with Crippen molar-refractivity contribution in [1.29, 1.82) is 0 Å². The molecule has 2 N–H and O–H groups in total. The van der Waals surface area contributed by atoms with Gasteiger partial charge in [-0.05, 0) is 37.5 Å². The highest BCUT2D eigenvalue weighted by Gasteiger charge is 2.37. The maximum atomic E-state index is 6.15. The molecule has 0 atom stereocenters. The molecule has 1 saturated carbocycles. The van der Waals surface area contributed by atoms with Crippen molar-refractivity contribution in [1.82, 2.24) is 9.55 Å². The van der Waals surface area contributed by atoms with Crippen LogP contribution < -0.4 is 5.73 Å². The molecule has 0 spiro atoms. The highest BCUT2D eigenvalue weighted by Crippen LogP contribution is 2.41. The summed E-state index contributed by atoms with van der Waals surface area (Å²) in [5.74, 6) is 0. The fourth-order valence-corrected chi connectivity index (χ4v) is 2.74. The van der Waals surface area contributed by atoms with Crippen molar-refractivity contribution >= 4 is 0 Å². The number of rotatable bonds is 6. The lowest BCUT2D eigenvalue weighted by molar-refractivity contribution is -0.0825. The lowest BCUT2D eigenvalue weighted by atomic mass is 9.71. The van der Waals surface area contributed by atoms with Gasteiger partial charge in [-0.15, -0.1) is 0 Å². The predicted molar refractivity (Wildman–Crippen MR) is 76.8 cm³/mol. The van der Waals surface area contributed by atoms with Gasteiger partial charge in [0.2, 0.25) is 0 Å². The van der Waals surface area contributed by atoms with E-state index in [-0.39, 0.29) is 5.60 Å². The molecular formula is C15H27N3O. The van der Waals surface area contributed by atoms with Crippen molar-refractivity contribution in [3.8, 4) is 0 Å². The molecule has 1 fully saturated rings. The van der Waals surface area contributed by atoms with E-state index in [0.29, 0.717) is 12.0 Å². The number of aromatic nitrogens is 2. The van der Waals surface area contributed by atoms with Crippen LogP contribution >= 0.6 is 0 Å². The topological polar surface area (TPSA) is 53.1 Å². The molecule has 0 bridgehead atoms. The average molecular weight is 265 g/mol. The lowest BCUT2D eigenvalue weighted by Gasteiger charge is -2.42. The number of nitrogens with zero attached hydrogens (tertiary/aromatic N) is 2. The third kappa shape index (κ3) is 4.05. The van der Waals surface area contributed by atoms with Crippen molar-refractivity contribution < 1.29 is 4.74 Å². The first-order valence-electron chi connectivity index (χ1n) is 7.35. The number of hydrogen-bond acceptors (Lipinski definition) is 3. The van der Waals surface area contributed by atoms with Crippen LogP contribution in [-0.4, -0.2) is 28.3 Å². The summed E-state index contributed by atoms with van der Waals surface area (Å²) in [5, 5.41) is 0. The standard InChI is InChI=1S/C15H27N3O/c1-14(2)4-6-15(12-16,7-5-14)19-11-3-9-18-10-8-17-13-18/h8,10,13H,3-7,9,11-12,16H2,1-2H3. The molecule has 0 radical (unpaired) electrons. The molecule has 4 heteroatoms. The lowest BCUT2D eigenvalue weighted by Crippen LogP contribution is -2.45. The van der Waals surface area contributed by atoms with E-state index >= 15 is 0 Å². The van der Waals surface area contributed by atoms with E-state index in [4.69, 9.17) is 10.5 Å². The van der Waals surface area contributed by atoms with Crippen molar-refractivity contribution in [2.24, 2.45) is 11.1 Å². The molecule has 0 aliphatic heterocycles. The van der Waals surface area contributed by atoms with Gasteiger partial charge in [-0.25, -0.2) is 4.98 Å². The maximum absolute atomic E-state index is 6.15. The minimum atomic E-state index is -0.0650. The summed E-state index contributed by atoms with van der Waals surface area (Å²) in [5.41, 5.74) is 6.36. The Kier molecular flexibility index (Phi) is 4.63. The number of nitrogens with two attached hydrogens (primary N) is 1. The molecular weight excluding hydrogens is 238 g/mol. The number of aryl methyl sites for hydroxylation is 1. The van der Waals surface area contributed by atoms with Crippen LogP contribution in [0, 0.1) is 5.41 Å². The summed E-state index contributed by atoms with van der Waals surface area (Å²) in [6, 6.07) is 0. The van der Waals surface area contributed by atoms with Crippen LogP contribution in [0.15, 0.2) is 18.7 Å². The molecule has 1 aromatic rings. The van der Waals surface area contributed by atoms with E-state index in [0.717, 1.165) is 32.4 Å². The zero-order chi connectivity index (χ0) is 13.8. The Hall–Kier alpha value is -0.870. The summed E-state index contributed by atoms with van der Waals surface area (Å²) < 4.78 is 8.24. The van der Waals surface area contributed by atoms with Crippen molar-refractivity contribution in [3.63, 3.8) is 0 Å². The summed E-state index contributed by atoms with van der Waals surface area (Å²) in [7, 11) is 0. The van der Waals surface area contributed by atoms with Crippen LogP contribution in [0.3, 0.4) is 0 Å². The van der Waals surface area contributed by atoms with Crippen LogP contribution in [0.1, 0.15) is 46.0 Å². The zero-order valence-corrected chi connectivity index (χ0v) is 12.3. The van der Waals surface area contributed by atoms with Gasteiger partial charge in [0.05, 0.1) is 11.9 Å². The zero-order valence-electron chi connectivity index (χ0n) is 12.3. The average Bonchev–Trinajstić information content (AvgIpc) is 2.90. The highest BCUT2D eigenvalue weighted by atomic mass is 16.5. The van der Waals surface area contributed by atoms with Crippen LogP contribution in [0.5, 0.6) is 0 Å². The van der Waals surface area contributed by atoms with E-state index < -0.39 is 0 Å². The maximum Gasteiger partial charge on any atom is 0.0945 e. The second kappa shape index (κ2) is 6.06.